The molecule has 2 amide bonds. The number of nitro groups is 1. The maximum absolute atomic E-state index is 13.5. The number of anilines is 2. The maximum atomic E-state index is 13.5. The highest BCUT2D eigenvalue weighted by Crippen LogP contribution is 2.35. The number of hydrogen-bond donors (Lipinski definition) is 1. The van der Waals surface area contributed by atoms with Crippen molar-refractivity contribution in [1.82, 2.24) is 0 Å². The average Bonchev–Trinajstić information content (AvgIpc) is 3.05. The lowest BCUT2D eigenvalue weighted by Gasteiger charge is -2.17. The molecule has 7 heteroatoms. The number of benzene rings is 3. The second-order valence-electron chi connectivity index (χ2n) is 7.94. The molecule has 0 saturated heterocycles. The number of nitrogens with one attached hydrogen (secondary N) is 1. The summed E-state index contributed by atoms with van der Waals surface area (Å²) >= 11 is 0. The fraction of sp³-hybridized carbons (Fsp3) is 0.154. The number of carbonyl (C=O) groups is 2. The second kappa shape index (κ2) is 8.70. The first-order chi connectivity index (χ1) is 15.8. The van der Waals surface area contributed by atoms with Gasteiger partial charge in [-0.1, -0.05) is 25.1 Å². The fourth-order valence-corrected chi connectivity index (χ4v) is 3.73. The van der Waals surface area contributed by atoms with Gasteiger partial charge in [0, 0.05) is 17.8 Å². The summed E-state index contributed by atoms with van der Waals surface area (Å²) in [6, 6.07) is 18.7. The zero-order chi connectivity index (χ0) is 23.7. The predicted octanol–water partition coefficient (Wildman–Crippen LogP) is 5.17. The standard InChI is InChI=1S/C26H23N3O4/c1-4-18-6-10-20(11-7-18)27-24-23(19-8-13-21(14-9-19)29(32)33)25(30)28(26(24)31)22-12-5-16(2)17(3)15-22/h5-15,27H,4H2,1-3H3. The van der Waals surface area contributed by atoms with E-state index in [1.807, 2.05) is 44.2 Å². The van der Waals surface area contributed by atoms with E-state index in [9.17, 15) is 19.7 Å². The molecule has 3 aromatic rings. The van der Waals surface area contributed by atoms with Crippen molar-refractivity contribution in [2.75, 3.05) is 10.2 Å². The number of rotatable bonds is 6. The van der Waals surface area contributed by atoms with Crippen molar-refractivity contribution in [3.63, 3.8) is 0 Å². The summed E-state index contributed by atoms with van der Waals surface area (Å²) in [7, 11) is 0. The van der Waals surface area contributed by atoms with Gasteiger partial charge in [-0.2, -0.15) is 0 Å². The molecular weight excluding hydrogens is 418 g/mol. The second-order valence-corrected chi connectivity index (χ2v) is 7.94. The molecule has 0 aromatic heterocycles. The van der Waals surface area contributed by atoms with Crippen LogP contribution in [0, 0.1) is 24.0 Å². The van der Waals surface area contributed by atoms with Crippen LogP contribution in [0.15, 0.2) is 72.4 Å². The summed E-state index contributed by atoms with van der Waals surface area (Å²) in [5, 5.41) is 14.2. The summed E-state index contributed by atoms with van der Waals surface area (Å²) in [5.74, 6) is -0.957. The van der Waals surface area contributed by atoms with Gasteiger partial charge in [-0.15, -0.1) is 0 Å². The normalized spacial score (nSPS) is 13.6. The van der Waals surface area contributed by atoms with Gasteiger partial charge in [0.1, 0.15) is 5.70 Å². The van der Waals surface area contributed by atoms with E-state index in [0.29, 0.717) is 16.9 Å². The monoisotopic (exact) mass is 441 g/mol. The molecular formula is C26H23N3O4. The summed E-state index contributed by atoms with van der Waals surface area (Å²) < 4.78 is 0. The van der Waals surface area contributed by atoms with Crippen LogP contribution in [0.4, 0.5) is 17.1 Å². The minimum absolute atomic E-state index is 0.0909. The van der Waals surface area contributed by atoms with E-state index in [2.05, 4.69) is 12.2 Å². The van der Waals surface area contributed by atoms with Gasteiger partial charge in [-0.3, -0.25) is 19.7 Å². The van der Waals surface area contributed by atoms with Crippen molar-refractivity contribution in [3.8, 4) is 0 Å². The van der Waals surface area contributed by atoms with Gasteiger partial charge in [-0.25, -0.2) is 4.90 Å². The fourth-order valence-electron chi connectivity index (χ4n) is 3.73. The third-order valence-electron chi connectivity index (χ3n) is 5.83. The van der Waals surface area contributed by atoms with Gasteiger partial charge in [-0.05, 0) is 78.9 Å². The van der Waals surface area contributed by atoms with E-state index >= 15 is 0 Å². The minimum atomic E-state index is -0.504. The Morgan fingerprint density at radius 3 is 2.12 bits per heavy atom. The SMILES string of the molecule is CCc1ccc(NC2=C(c3ccc([N+](=O)[O-])cc3)C(=O)N(c3ccc(C)c(C)c3)C2=O)cc1. The Hall–Kier alpha value is -4.26. The molecule has 3 aromatic carbocycles. The van der Waals surface area contributed by atoms with E-state index in [-0.39, 0.29) is 17.0 Å². The first-order valence-corrected chi connectivity index (χ1v) is 10.6. The number of amides is 2. The zero-order valence-electron chi connectivity index (χ0n) is 18.6. The predicted molar refractivity (Wildman–Crippen MR) is 128 cm³/mol. The lowest BCUT2D eigenvalue weighted by molar-refractivity contribution is -0.384. The Labute approximate surface area is 191 Å². The Bertz CT molecular complexity index is 1290. The van der Waals surface area contributed by atoms with Crippen molar-refractivity contribution in [1.29, 1.82) is 0 Å². The topological polar surface area (TPSA) is 92.6 Å². The highest BCUT2D eigenvalue weighted by atomic mass is 16.6. The van der Waals surface area contributed by atoms with E-state index in [1.165, 1.54) is 24.3 Å². The maximum Gasteiger partial charge on any atom is 0.282 e. The average molecular weight is 441 g/mol. The van der Waals surface area contributed by atoms with Crippen LogP contribution in [0.25, 0.3) is 5.57 Å². The van der Waals surface area contributed by atoms with Crippen LogP contribution in [0.1, 0.15) is 29.2 Å². The van der Waals surface area contributed by atoms with Gasteiger partial charge < -0.3 is 5.32 Å². The van der Waals surface area contributed by atoms with Crippen LogP contribution in [0.5, 0.6) is 0 Å². The summed E-state index contributed by atoms with van der Waals surface area (Å²) in [6.07, 6.45) is 0.884. The van der Waals surface area contributed by atoms with Crippen molar-refractivity contribution in [2.45, 2.75) is 27.2 Å². The quantitative estimate of drug-likeness (QED) is 0.324. The van der Waals surface area contributed by atoms with Gasteiger partial charge >= 0.3 is 0 Å². The van der Waals surface area contributed by atoms with Crippen molar-refractivity contribution < 1.29 is 14.5 Å². The molecule has 1 N–H and O–H groups in total. The Kier molecular flexibility index (Phi) is 5.79. The molecule has 0 bridgehead atoms. The first kappa shape index (κ1) is 22.0. The number of hydrogen-bond acceptors (Lipinski definition) is 5. The van der Waals surface area contributed by atoms with Gasteiger partial charge in [0.2, 0.25) is 0 Å². The van der Waals surface area contributed by atoms with Crippen LogP contribution < -0.4 is 10.2 Å². The lowest BCUT2D eigenvalue weighted by Crippen LogP contribution is -2.32. The van der Waals surface area contributed by atoms with Crippen LogP contribution in [0.3, 0.4) is 0 Å². The van der Waals surface area contributed by atoms with Crippen LogP contribution >= 0.6 is 0 Å². The number of carbonyl (C=O) groups excluding carboxylic acids is 2. The highest BCUT2D eigenvalue weighted by molar-refractivity contribution is 6.46. The molecule has 1 heterocycles. The Balaban J connectivity index is 1.80. The van der Waals surface area contributed by atoms with E-state index in [0.717, 1.165) is 28.0 Å². The van der Waals surface area contributed by atoms with Crippen LogP contribution in [-0.4, -0.2) is 16.7 Å². The minimum Gasteiger partial charge on any atom is -0.350 e. The molecule has 0 spiro atoms. The third-order valence-corrected chi connectivity index (χ3v) is 5.83. The molecule has 0 atom stereocenters. The van der Waals surface area contributed by atoms with E-state index < -0.39 is 16.7 Å². The molecule has 0 aliphatic carbocycles. The third kappa shape index (κ3) is 4.13. The van der Waals surface area contributed by atoms with Gasteiger partial charge in [0.25, 0.3) is 17.5 Å². The molecule has 4 rings (SSSR count). The van der Waals surface area contributed by atoms with Crippen molar-refractivity contribution in [3.05, 3.63) is 105 Å². The molecule has 166 valence electrons. The molecule has 33 heavy (non-hydrogen) atoms. The summed E-state index contributed by atoms with van der Waals surface area (Å²) in [6.45, 7) is 5.93. The number of imide groups is 1. The lowest BCUT2D eigenvalue weighted by atomic mass is 10.0. The first-order valence-electron chi connectivity index (χ1n) is 10.6. The number of aryl methyl sites for hydroxylation is 3. The zero-order valence-corrected chi connectivity index (χ0v) is 18.6. The largest absolute Gasteiger partial charge is 0.350 e. The molecule has 0 radical (unpaired) electrons. The highest BCUT2D eigenvalue weighted by Gasteiger charge is 2.40. The van der Waals surface area contributed by atoms with Gasteiger partial charge in [0.05, 0.1) is 16.2 Å². The summed E-state index contributed by atoms with van der Waals surface area (Å²) in [5.41, 5.74) is 4.96. The Morgan fingerprint density at radius 2 is 1.55 bits per heavy atom. The molecule has 7 nitrogen and oxygen atoms in total. The molecule has 1 aliphatic rings. The summed E-state index contributed by atoms with van der Waals surface area (Å²) in [4.78, 5) is 38.7. The smallest absolute Gasteiger partial charge is 0.282 e. The molecule has 0 unspecified atom stereocenters. The molecule has 1 aliphatic heterocycles. The van der Waals surface area contributed by atoms with Crippen LogP contribution in [0.2, 0.25) is 0 Å². The molecule has 0 saturated carbocycles. The van der Waals surface area contributed by atoms with Gasteiger partial charge in [0.15, 0.2) is 0 Å². The Morgan fingerprint density at radius 1 is 0.879 bits per heavy atom. The van der Waals surface area contributed by atoms with Crippen molar-refractivity contribution >= 4 is 34.4 Å². The molecule has 0 fully saturated rings. The number of nitrogens with zero attached hydrogens (tertiary/aromatic N) is 2. The van der Waals surface area contributed by atoms with Crippen molar-refractivity contribution in [2.24, 2.45) is 0 Å². The van der Waals surface area contributed by atoms with E-state index in [4.69, 9.17) is 0 Å². The van der Waals surface area contributed by atoms with Crippen LogP contribution in [-0.2, 0) is 16.0 Å². The number of nitro benzene ring substituents is 1. The van der Waals surface area contributed by atoms with E-state index in [1.54, 1.807) is 12.1 Å². The number of non-ortho nitro benzene ring substituents is 1.